The Morgan fingerprint density at radius 1 is 1.21 bits per heavy atom. The summed E-state index contributed by atoms with van der Waals surface area (Å²) in [4.78, 5) is 11.1. The topological polar surface area (TPSA) is 64.3 Å². The molecule has 0 fully saturated rings. The summed E-state index contributed by atoms with van der Waals surface area (Å²) in [6, 6.07) is 13.7. The summed E-state index contributed by atoms with van der Waals surface area (Å²) in [5.41, 5.74) is 3.08. The van der Waals surface area contributed by atoms with Gasteiger partial charge in [0.15, 0.2) is 0 Å². The van der Waals surface area contributed by atoms with Crippen LogP contribution in [0.25, 0.3) is 10.9 Å². The van der Waals surface area contributed by atoms with Gasteiger partial charge in [-0.2, -0.15) is 5.10 Å². The second-order valence-electron chi connectivity index (χ2n) is 7.47. The first kappa shape index (κ1) is 20.5. The molecule has 0 saturated carbocycles. The van der Waals surface area contributed by atoms with Gasteiger partial charge in [-0.3, -0.25) is 9.48 Å². The number of hydrogen-bond acceptors (Lipinski definition) is 3. The maximum atomic E-state index is 11.1. The van der Waals surface area contributed by atoms with Crippen LogP contribution in [-0.2, 0) is 17.9 Å². The second kappa shape index (κ2) is 9.29. The van der Waals surface area contributed by atoms with Crippen LogP contribution >= 0.6 is 0 Å². The van der Waals surface area contributed by atoms with E-state index in [4.69, 9.17) is 9.84 Å². The number of carbonyl (C=O) groups is 1. The maximum Gasteiger partial charge on any atom is 0.304 e. The second-order valence-corrected chi connectivity index (χ2v) is 7.47. The first-order chi connectivity index (χ1) is 14.0. The van der Waals surface area contributed by atoms with E-state index in [0.717, 1.165) is 34.3 Å². The van der Waals surface area contributed by atoms with Gasteiger partial charge in [-0.05, 0) is 36.6 Å². The molecule has 0 aliphatic heterocycles. The normalized spacial score (nSPS) is 11.9. The van der Waals surface area contributed by atoms with E-state index in [1.165, 1.54) is 0 Å². The molecule has 1 N–H and O–H groups in total. The molecule has 150 valence electrons. The van der Waals surface area contributed by atoms with Gasteiger partial charge < -0.3 is 9.84 Å². The van der Waals surface area contributed by atoms with Gasteiger partial charge in [-0.1, -0.05) is 44.0 Å². The number of hydrogen-bond donors (Lipinski definition) is 1. The largest absolute Gasteiger partial charge is 0.489 e. The highest BCUT2D eigenvalue weighted by molar-refractivity contribution is 5.82. The van der Waals surface area contributed by atoms with Crippen LogP contribution in [-0.4, -0.2) is 20.9 Å². The lowest BCUT2D eigenvalue weighted by molar-refractivity contribution is -0.137. The Hall–Kier alpha value is -3.26. The number of carboxylic acids is 1. The average molecular weight is 390 g/mol. The lowest BCUT2D eigenvalue weighted by Crippen LogP contribution is -2.05. The van der Waals surface area contributed by atoms with Crippen molar-refractivity contribution in [2.24, 2.45) is 5.92 Å². The molecular weight excluding hydrogens is 364 g/mol. The summed E-state index contributed by atoms with van der Waals surface area (Å²) in [6.07, 6.45) is 1.89. The van der Waals surface area contributed by atoms with E-state index in [1.54, 1.807) is 6.92 Å². The molecule has 5 nitrogen and oxygen atoms in total. The molecule has 5 heteroatoms. The molecule has 1 atom stereocenters. The number of fused-ring (bicyclic) bond motifs is 1. The quantitative estimate of drug-likeness (QED) is 0.558. The van der Waals surface area contributed by atoms with Crippen LogP contribution in [0.4, 0.5) is 0 Å². The van der Waals surface area contributed by atoms with Crippen molar-refractivity contribution in [2.45, 2.75) is 46.3 Å². The molecule has 29 heavy (non-hydrogen) atoms. The van der Waals surface area contributed by atoms with Crippen molar-refractivity contribution in [2.75, 3.05) is 0 Å². The first-order valence-corrected chi connectivity index (χ1v) is 9.78. The number of carboxylic acid groups (broad SMARTS) is 1. The van der Waals surface area contributed by atoms with E-state index < -0.39 is 5.97 Å². The molecule has 2 aromatic carbocycles. The number of rotatable bonds is 8. The van der Waals surface area contributed by atoms with E-state index in [0.29, 0.717) is 12.5 Å². The van der Waals surface area contributed by atoms with Crippen molar-refractivity contribution < 1.29 is 14.6 Å². The number of aromatic nitrogens is 2. The number of ether oxygens (including phenoxy) is 1. The minimum Gasteiger partial charge on any atom is -0.489 e. The lowest BCUT2D eigenvalue weighted by atomic mass is 9.96. The predicted molar refractivity (Wildman–Crippen MR) is 114 cm³/mol. The highest BCUT2D eigenvalue weighted by atomic mass is 16.5. The Morgan fingerprint density at radius 2 is 1.97 bits per heavy atom. The molecular formula is C24H26N2O3. The molecule has 1 aromatic heterocycles. The third kappa shape index (κ3) is 5.17. The van der Waals surface area contributed by atoms with E-state index >= 15 is 0 Å². The minimum atomic E-state index is -0.857. The van der Waals surface area contributed by atoms with Crippen molar-refractivity contribution in [3.63, 3.8) is 0 Å². The Labute approximate surface area is 171 Å². The molecule has 0 amide bonds. The van der Waals surface area contributed by atoms with Crippen LogP contribution in [0.1, 0.15) is 44.2 Å². The first-order valence-electron chi connectivity index (χ1n) is 9.78. The van der Waals surface area contributed by atoms with Crippen LogP contribution in [0, 0.1) is 17.8 Å². The van der Waals surface area contributed by atoms with Gasteiger partial charge in [0.1, 0.15) is 12.4 Å². The van der Waals surface area contributed by atoms with Crippen LogP contribution in [0.3, 0.4) is 0 Å². The molecule has 3 rings (SSSR count). The zero-order valence-electron chi connectivity index (χ0n) is 17.1. The SMILES string of the molecule is CC#CC(CC(=O)O)c1ccc(OCc2cccc3c2cnn3CC(C)C)cc1. The molecule has 1 unspecified atom stereocenters. The smallest absolute Gasteiger partial charge is 0.304 e. The molecule has 0 saturated heterocycles. The summed E-state index contributed by atoms with van der Waals surface area (Å²) >= 11 is 0. The number of benzene rings is 2. The minimum absolute atomic E-state index is 0.0105. The molecule has 0 radical (unpaired) electrons. The van der Waals surface area contributed by atoms with Gasteiger partial charge in [0.05, 0.1) is 24.1 Å². The van der Waals surface area contributed by atoms with E-state index in [1.807, 2.05) is 41.2 Å². The third-order valence-corrected chi connectivity index (χ3v) is 4.69. The standard InChI is InChI=1S/C24H26N2O3/c1-4-6-19(13-24(27)28)18-9-11-21(12-10-18)29-16-20-7-5-8-23-22(20)14-25-26(23)15-17(2)3/h5,7-12,14,17,19H,13,15-16H2,1-3H3,(H,27,28). The van der Waals surface area contributed by atoms with Gasteiger partial charge in [0.25, 0.3) is 0 Å². The fourth-order valence-corrected chi connectivity index (χ4v) is 3.34. The van der Waals surface area contributed by atoms with Crippen LogP contribution in [0.15, 0.2) is 48.7 Å². The predicted octanol–water partition coefficient (Wildman–Crippen LogP) is 4.85. The summed E-state index contributed by atoms with van der Waals surface area (Å²) < 4.78 is 8.01. The Kier molecular flexibility index (Phi) is 6.56. The molecule has 0 spiro atoms. The summed E-state index contributed by atoms with van der Waals surface area (Å²) in [6.45, 7) is 7.40. The number of aliphatic carboxylic acids is 1. The zero-order chi connectivity index (χ0) is 20.8. The summed E-state index contributed by atoms with van der Waals surface area (Å²) in [5, 5.41) is 14.7. The van der Waals surface area contributed by atoms with Gasteiger partial charge in [-0.15, -0.1) is 5.92 Å². The third-order valence-electron chi connectivity index (χ3n) is 4.69. The van der Waals surface area contributed by atoms with Gasteiger partial charge >= 0.3 is 5.97 Å². The molecule has 3 aromatic rings. The Morgan fingerprint density at radius 3 is 2.62 bits per heavy atom. The van der Waals surface area contributed by atoms with Crippen LogP contribution in [0.5, 0.6) is 5.75 Å². The number of nitrogens with zero attached hydrogens (tertiary/aromatic N) is 2. The Bertz CT molecular complexity index is 1040. The van der Waals surface area contributed by atoms with Crippen molar-refractivity contribution in [1.82, 2.24) is 9.78 Å². The fourth-order valence-electron chi connectivity index (χ4n) is 3.34. The highest BCUT2D eigenvalue weighted by Gasteiger charge is 2.13. The summed E-state index contributed by atoms with van der Waals surface area (Å²) in [5.74, 6) is 5.87. The summed E-state index contributed by atoms with van der Waals surface area (Å²) in [7, 11) is 0. The monoisotopic (exact) mass is 390 g/mol. The van der Waals surface area contributed by atoms with Gasteiger partial charge in [0, 0.05) is 17.5 Å². The van der Waals surface area contributed by atoms with E-state index in [2.05, 4.69) is 42.9 Å². The van der Waals surface area contributed by atoms with Crippen molar-refractivity contribution in [1.29, 1.82) is 0 Å². The van der Waals surface area contributed by atoms with Crippen LogP contribution < -0.4 is 4.74 Å². The molecule has 0 aliphatic carbocycles. The average Bonchev–Trinajstić information content (AvgIpc) is 3.09. The van der Waals surface area contributed by atoms with Gasteiger partial charge in [-0.25, -0.2) is 0 Å². The van der Waals surface area contributed by atoms with Crippen molar-refractivity contribution >= 4 is 16.9 Å². The van der Waals surface area contributed by atoms with E-state index in [-0.39, 0.29) is 12.3 Å². The fraction of sp³-hybridized carbons (Fsp3) is 0.333. The lowest BCUT2D eigenvalue weighted by Gasteiger charge is -2.11. The van der Waals surface area contributed by atoms with Crippen molar-refractivity contribution in [3.8, 4) is 17.6 Å². The molecule has 1 heterocycles. The Balaban J connectivity index is 1.72. The highest BCUT2D eigenvalue weighted by Crippen LogP contribution is 2.24. The van der Waals surface area contributed by atoms with E-state index in [9.17, 15) is 4.79 Å². The molecule has 0 bridgehead atoms. The molecule has 0 aliphatic rings. The maximum absolute atomic E-state index is 11.1. The van der Waals surface area contributed by atoms with Crippen LogP contribution in [0.2, 0.25) is 0 Å². The zero-order valence-corrected chi connectivity index (χ0v) is 17.1. The van der Waals surface area contributed by atoms with Gasteiger partial charge in [0.2, 0.25) is 0 Å². The van der Waals surface area contributed by atoms with Crippen molar-refractivity contribution in [3.05, 3.63) is 59.8 Å².